The van der Waals surface area contributed by atoms with E-state index in [9.17, 15) is 0 Å². The van der Waals surface area contributed by atoms with Crippen LogP contribution in [0.3, 0.4) is 0 Å². The molecule has 0 aromatic heterocycles. The van der Waals surface area contributed by atoms with Gasteiger partial charge in [-0.05, 0) is 0 Å². The number of ether oxygens (including phenoxy) is 1. The van der Waals surface area contributed by atoms with E-state index >= 15 is 0 Å². The van der Waals surface area contributed by atoms with E-state index in [0.29, 0.717) is 5.96 Å². The monoisotopic (exact) mass is 128 g/mol. The average molecular weight is 128 g/mol. The van der Waals surface area contributed by atoms with Crippen LogP contribution in [0.1, 0.15) is 0 Å². The number of fused-ring (bicyclic) bond motifs is 1. The number of rotatable bonds is 0. The van der Waals surface area contributed by atoms with Crippen molar-refractivity contribution in [1.29, 1.82) is 0 Å². The predicted molar refractivity (Wildman–Crippen MR) is 31.4 cm³/mol. The van der Waals surface area contributed by atoms with Gasteiger partial charge in [-0.1, -0.05) is 0 Å². The molecule has 50 valence electrons. The number of nitrogens with one attached hydrogen (secondary N) is 2. The molecule has 2 unspecified atom stereocenters. The predicted octanol–water partition coefficient (Wildman–Crippen LogP) is -1.87. The molecule has 2 aliphatic rings. The summed E-state index contributed by atoms with van der Waals surface area (Å²) in [6.45, 7) is 0.773. The summed E-state index contributed by atoms with van der Waals surface area (Å²) in [5.41, 5.74) is 10.9. The molecular formula is C4H8N4O. The van der Waals surface area contributed by atoms with Gasteiger partial charge in [0.2, 0.25) is 5.96 Å². The molecule has 0 spiro atoms. The second-order valence-corrected chi connectivity index (χ2v) is 2.09. The Balaban J connectivity index is 2.08. The lowest BCUT2D eigenvalue weighted by molar-refractivity contribution is 0.359. The van der Waals surface area contributed by atoms with Crippen LogP contribution in [-0.2, 0) is 4.74 Å². The molecule has 1 saturated heterocycles. The molecule has 0 aromatic carbocycles. The van der Waals surface area contributed by atoms with E-state index in [2.05, 4.69) is 15.8 Å². The van der Waals surface area contributed by atoms with Crippen molar-refractivity contribution < 1.29 is 4.74 Å². The van der Waals surface area contributed by atoms with Gasteiger partial charge in [-0.15, -0.1) is 0 Å². The Morgan fingerprint density at radius 1 is 1.78 bits per heavy atom. The first-order valence-corrected chi connectivity index (χ1v) is 2.84. The van der Waals surface area contributed by atoms with Crippen LogP contribution in [0.25, 0.3) is 0 Å². The lowest BCUT2D eigenvalue weighted by Crippen LogP contribution is -2.42. The summed E-state index contributed by atoms with van der Waals surface area (Å²) in [5.74, 6) is 0.403. The molecule has 0 radical (unpaired) electrons. The van der Waals surface area contributed by atoms with Crippen molar-refractivity contribution in [2.75, 3.05) is 6.54 Å². The summed E-state index contributed by atoms with van der Waals surface area (Å²) in [4.78, 5) is 3.95. The van der Waals surface area contributed by atoms with Gasteiger partial charge < -0.3 is 10.5 Å². The number of aliphatic imine (C=N–C) groups is 1. The fraction of sp³-hybridized carbons (Fsp3) is 0.750. The number of epoxide rings is 1. The summed E-state index contributed by atoms with van der Waals surface area (Å²) in [6, 6.07) is 0. The van der Waals surface area contributed by atoms with Gasteiger partial charge in [0.15, 0.2) is 6.23 Å². The van der Waals surface area contributed by atoms with E-state index in [-0.39, 0.29) is 12.3 Å². The molecule has 1 fully saturated rings. The van der Waals surface area contributed by atoms with Crippen LogP contribution >= 0.6 is 0 Å². The zero-order valence-corrected chi connectivity index (χ0v) is 4.79. The van der Waals surface area contributed by atoms with Crippen molar-refractivity contribution in [2.45, 2.75) is 12.3 Å². The molecule has 0 amide bonds. The molecule has 9 heavy (non-hydrogen) atoms. The van der Waals surface area contributed by atoms with Gasteiger partial charge >= 0.3 is 0 Å². The minimum Gasteiger partial charge on any atom is -0.369 e. The molecule has 0 aliphatic carbocycles. The number of nitrogens with zero attached hydrogens (tertiary/aromatic N) is 1. The van der Waals surface area contributed by atoms with Crippen molar-refractivity contribution in [3.05, 3.63) is 0 Å². The lowest BCUT2D eigenvalue weighted by atomic mass is 10.4. The van der Waals surface area contributed by atoms with E-state index < -0.39 is 0 Å². The van der Waals surface area contributed by atoms with Gasteiger partial charge in [-0.2, -0.15) is 0 Å². The highest BCUT2D eigenvalue weighted by atomic mass is 16.6. The Hall–Kier alpha value is -0.810. The Labute approximate surface area is 52.2 Å². The lowest BCUT2D eigenvalue weighted by Gasteiger charge is -2.01. The maximum Gasteiger partial charge on any atom is 0.205 e. The summed E-state index contributed by atoms with van der Waals surface area (Å²) in [6.07, 6.45) is 0.242. The molecule has 2 heterocycles. The summed E-state index contributed by atoms with van der Waals surface area (Å²) in [5, 5.41) is 0. The van der Waals surface area contributed by atoms with Gasteiger partial charge in [0.25, 0.3) is 0 Å². The quantitative estimate of drug-likeness (QED) is 0.334. The van der Waals surface area contributed by atoms with E-state index in [1.165, 1.54) is 0 Å². The van der Waals surface area contributed by atoms with Crippen LogP contribution in [0.5, 0.6) is 0 Å². The minimum absolute atomic E-state index is 0.00694. The Morgan fingerprint density at radius 2 is 2.67 bits per heavy atom. The molecule has 0 saturated carbocycles. The normalized spacial score (nSPS) is 39.8. The standard InChI is InChI=1S/C4H8N4O/c5-4-7-3-2(9-3)1-6-8-4/h2-3,6H,1H2,(H3,5,7,8). The largest absolute Gasteiger partial charge is 0.369 e. The van der Waals surface area contributed by atoms with E-state index in [1.54, 1.807) is 0 Å². The summed E-state index contributed by atoms with van der Waals surface area (Å²) >= 11 is 0. The third-order valence-corrected chi connectivity index (χ3v) is 1.34. The second kappa shape index (κ2) is 1.58. The Morgan fingerprint density at radius 3 is 3.56 bits per heavy atom. The van der Waals surface area contributed by atoms with Crippen LogP contribution in [0.2, 0.25) is 0 Å². The van der Waals surface area contributed by atoms with Crippen molar-refractivity contribution >= 4 is 5.96 Å². The molecule has 5 nitrogen and oxygen atoms in total. The Bertz CT molecular complexity index is 157. The maximum absolute atomic E-state index is 5.35. The molecule has 2 rings (SSSR count). The smallest absolute Gasteiger partial charge is 0.205 e. The molecule has 2 atom stereocenters. The highest BCUT2D eigenvalue weighted by molar-refractivity contribution is 5.77. The fourth-order valence-electron chi connectivity index (χ4n) is 0.808. The van der Waals surface area contributed by atoms with Crippen molar-refractivity contribution in [3.8, 4) is 0 Å². The first-order valence-electron chi connectivity index (χ1n) is 2.84. The maximum atomic E-state index is 5.35. The average Bonchev–Trinajstić information content (AvgIpc) is 2.43. The number of guanidine groups is 1. The van der Waals surface area contributed by atoms with Gasteiger partial charge in [0, 0.05) is 6.54 Å². The Kier molecular flexibility index (Phi) is 0.882. The van der Waals surface area contributed by atoms with Crippen LogP contribution in [0.4, 0.5) is 0 Å². The second-order valence-electron chi connectivity index (χ2n) is 2.09. The topological polar surface area (TPSA) is 75.0 Å². The van der Waals surface area contributed by atoms with Crippen molar-refractivity contribution in [1.82, 2.24) is 10.9 Å². The van der Waals surface area contributed by atoms with Crippen LogP contribution < -0.4 is 16.6 Å². The van der Waals surface area contributed by atoms with Gasteiger partial charge in [0.05, 0.1) is 0 Å². The molecule has 5 heteroatoms. The van der Waals surface area contributed by atoms with Gasteiger partial charge in [-0.25, -0.2) is 10.4 Å². The molecule has 0 bridgehead atoms. The van der Waals surface area contributed by atoms with Crippen LogP contribution in [-0.4, -0.2) is 24.8 Å². The molecule has 2 aliphatic heterocycles. The minimum atomic E-state index is 0.00694. The first-order chi connectivity index (χ1) is 4.36. The SMILES string of the molecule is NC1=NC2OC2CNN1. The van der Waals surface area contributed by atoms with E-state index in [0.717, 1.165) is 6.54 Å². The number of hydrazine groups is 1. The van der Waals surface area contributed by atoms with Gasteiger partial charge in [0.1, 0.15) is 6.10 Å². The molecule has 0 aromatic rings. The van der Waals surface area contributed by atoms with Crippen molar-refractivity contribution in [3.63, 3.8) is 0 Å². The number of hydrogen-bond acceptors (Lipinski definition) is 5. The first kappa shape index (κ1) is 5.01. The zero-order chi connectivity index (χ0) is 6.27. The van der Waals surface area contributed by atoms with Gasteiger partial charge in [-0.3, -0.25) is 5.43 Å². The van der Waals surface area contributed by atoms with Crippen molar-refractivity contribution in [2.24, 2.45) is 10.7 Å². The zero-order valence-electron chi connectivity index (χ0n) is 4.79. The number of hydrogen-bond donors (Lipinski definition) is 3. The van der Waals surface area contributed by atoms with Crippen LogP contribution in [0.15, 0.2) is 4.99 Å². The van der Waals surface area contributed by atoms with Crippen LogP contribution in [0, 0.1) is 0 Å². The van der Waals surface area contributed by atoms with E-state index in [4.69, 9.17) is 10.5 Å². The molecule has 4 N–H and O–H groups in total. The highest BCUT2D eigenvalue weighted by Gasteiger charge is 2.39. The highest BCUT2D eigenvalue weighted by Crippen LogP contribution is 2.22. The summed E-state index contributed by atoms with van der Waals surface area (Å²) in [7, 11) is 0. The molecular weight excluding hydrogens is 120 g/mol. The third-order valence-electron chi connectivity index (χ3n) is 1.34. The van der Waals surface area contributed by atoms with E-state index in [1.807, 2.05) is 0 Å². The summed E-state index contributed by atoms with van der Waals surface area (Å²) < 4.78 is 5.06. The third kappa shape index (κ3) is 0.839. The fourth-order valence-corrected chi connectivity index (χ4v) is 0.808. The number of nitrogens with two attached hydrogens (primary N) is 1.